The molecule has 0 saturated heterocycles. The van der Waals surface area contributed by atoms with Crippen molar-refractivity contribution in [2.24, 2.45) is 0 Å². The number of rotatable bonds is 28. The average Bonchev–Trinajstić information content (AvgIpc) is 3.08. The van der Waals surface area contributed by atoms with Gasteiger partial charge in [0.1, 0.15) is 0 Å². The Balaban J connectivity index is -0.000000212. The van der Waals surface area contributed by atoms with Gasteiger partial charge in [-0.25, -0.2) is 0 Å². The maximum Gasteiger partial charge on any atom is 2.00 e. The smallest absolute Gasteiger partial charge is 0.550 e. The Kier molecular flexibility index (Phi) is 67.4. The Labute approximate surface area is 322 Å². The van der Waals surface area contributed by atoms with E-state index in [1.807, 2.05) is 0 Å². The van der Waals surface area contributed by atoms with Crippen LogP contribution >= 0.6 is 0 Å². The molecule has 0 heterocycles. The van der Waals surface area contributed by atoms with Crippen LogP contribution in [0.1, 0.15) is 182 Å². The molecule has 0 bridgehead atoms. The second-order valence-corrected chi connectivity index (χ2v) is 11.7. The molecule has 0 amide bonds. The Morgan fingerprint density at radius 1 is 0.429 bits per heavy atom. The molecule has 0 atom stereocenters. The van der Waals surface area contributed by atoms with Crippen molar-refractivity contribution >= 4 is 35.8 Å². The average molecular weight is 788 g/mol. The minimum absolute atomic E-state index is 0. The molecule has 0 aromatic carbocycles. The molecule has 0 aromatic rings. The van der Waals surface area contributed by atoms with E-state index in [1.54, 1.807) is 0 Å². The van der Waals surface area contributed by atoms with Crippen molar-refractivity contribution in [3.63, 3.8) is 0 Å². The minimum atomic E-state index is -0.925. The Hall–Kier alpha value is -1.82. The number of carboxylic acids is 2. The van der Waals surface area contributed by atoms with Crippen molar-refractivity contribution in [2.45, 2.75) is 182 Å². The van der Waals surface area contributed by atoms with Crippen LogP contribution in [-0.4, -0.2) is 35.8 Å². The van der Waals surface area contributed by atoms with Gasteiger partial charge in [-0.15, -0.1) is 0 Å². The van der Waals surface area contributed by atoms with E-state index in [9.17, 15) is 19.8 Å². The number of carboxylic acid groups (broad SMARTS) is 2. The number of carbonyl (C=O) groups is 2. The van der Waals surface area contributed by atoms with Gasteiger partial charge in [-0.05, 0) is 89.9 Å². The number of carbonyl (C=O) groups excluding carboxylic acids is 2. The van der Waals surface area contributed by atoms with Crippen LogP contribution in [0.15, 0.2) is 72.9 Å². The third-order valence-corrected chi connectivity index (χ3v) is 6.77. The molecule has 0 aromatic heterocycles. The van der Waals surface area contributed by atoms with Crippen LogP contribution in [0.3, 0.4) is 0 Å². The zero-order valence-corrected chi connectivity index (χ0v) is 35.3. The van der Waals surface area contributed by atoms with Crippen LogP contribution < -0.4 is 10.2 Å². The maximum absolute atomic E-state index is 10.2. The molecule has 0 N–H and O–H groups in total. The van der Waals surface area contributed by atoms with Gasteiger partial charge in [0.15, 0.2) is 0 Å². The molecule has 4 nitrogen and oxygen atoms in total. The summed E-state index contributed by atoms with van der Waals surface area (Å²) in [5.74, 6) is -1.85. The van der Waals surface area contributed by atoms with Crippen LogP contribution in [0, 0.1) is 13.8 Å². The normalized spacial score (nSPS) is 11.1. The van der Waals surface area contributed by atoms with E-state index in [0.717, 1.165) is 103 Å². The van der Waals surface area contributed by atoms with Gasteiger partial charge >= 0.3 is 23.9 Å². The summed E-state index contributed by atoms with van der Waals surface area (Å²) in [7, 11) is 0. The summed E-state index contributed by atoms with van der Waals surface area (Å²) in [4.78, 5) is 20.4. The molecule has 0 rings (SSSR count). The summed E-state index contributed by atoms with van der Waals surface area (Å²) in [5.41, 5.74) is 0. The first-order valence-corrected chi connectivity index (χ1v) is 19.3. The Morgan fingerprint density at radius 2 is 0.673 bits per heavy atom. The van der Waals surface area contributed by atoms with Gasteiger partial charge in [-0.1, -0.05) is 179 Å². The van der Waals surface area contributed by atoms with E-state index in [4.69, 9.17) is 0 Å². The molecule has 0 spiro atoms. The molecule has 49 heavy (non-hydrogen) atoms. The van der Waals surface area contributed by atoms with Crippen molar-refractivity contribution < 1.29 is 19.8 Å². The van der Waals surface area contributed by atoms with E-state index >= 15 is 0 Å². The topological polar surface area (TPSA) is 80.3 Å². The molecular weight excluding hydrogens is 711 g/mol. The van der Waals surface area contributed by atoms with Crippen molar-refractivity contribution in [2.75, 3.05) is 0 Å². The fourth-order valence-electron chi connectivity index (χ4n) is 3.78. The molecule has 0 aliphatic heterocycles. The molecule has 280 valence electrons. The second-order valence-electron chi connectivity index (χ2n) is 11.7. The van der Waals surface area contributed by atoms with Gasteiger partial charge in [0.05, 0.1) is 0 Å². The standard InChI is InChI=1S/2C18H30O2.2C4H9.Sn/c2*1-2-3-4-5-6-7-8-9-10-11-12-13-14-15-16-17-18(19)20;2*1-3-4-2;/h2*3-4,6-7,9-10H,2,5,8,11-17H2,1H3,(H,19,20);2*1,3-4H2,2H3;/q;;;;+2/p-2/b2*4-3+,7-6+,10-9+;;;. The first-order chi connectivity index (χ1) is 23.4. The Morgan fingerprint density at radius 3 is 0.939 bits per heavy atom. The molecule has 4 radical (unpaired) electrons. The summed E-state index contributed by atoms with van der Waals surface area (Å²) in [6.45, 7) is 15.7. The summed E-state index contributed by atoms with van der Waals surface area (Å²) < 4.78 is 0. The summed E-state index contributed by atoms with van der Waals surface area (Å²) in [6.07, 6.45) is 50.6. The van der Waals surface area contributed by atoms with Crippen molar-refractivity contribution in [1.29, 1.82) is 0 Å². The van der Waals surface area contributed by atoms with Crippen LogP contribution in [-0.2, 0) is 9.59 Å². The molecule has 5 heteroatoms. The fourth-order valence-corrected chi connectivity index (χ4v) is 3.78. The van der Waals surface area contributed by atoms with Crippen molar-refractivity contribution in [1.82, 2.24) is 0 Å². The van der Waals surface area contributed by atoms with E-state index in [1.165, 1.54) is 38.5 Å². The van der Waals surface area contributed by atoms with Gasteiger partial charge in [-0.2, -0.15) is 0 Å². The molecular formula is C44H76O4Sn. The fraction of sp³-hybridized carbons (Fsp3) is 0.636. The number of allylic oxidation sites excluding steroid dienone is 12. The molecule has 0 unspecified atom stereocenters. The number of hydrogen-bond acceptors (Lipinski definition) is 4. The minimum Gasteiger partial charge on any atom is -0.550 e. The first-order valence-electron chi connectivity index (χ1n) is 19.3. The van der Waals surface area contributed by atoms with Gasteiger partial charge in [-0.3, -0.25) is 0 Å². The van der Waals surface area contributed by atoms with E-state index in [0.29, 0.717) is 0 Å². The van der Waals surface area contributed by atoms with Crippen molar-refractivity contribution in [3.8, 4) is 0 Å². The Bertz CT molecular complexity index is 723. The third kappa shape index (κ3) is 77.2. The van der Waals surface area contributed by atoms with E-state index in [2.05, 4.69) is 114 Å². The van der Waals surface area contributed by atoms with E-state index < -0.39 is 11.9 Å². The first kappa shape index (κ1) is 56.6. The van der Waals surface area contributed by atoms with Crippen LogP contribution in [0.2, 0.25) is 0 Å². The SMILES string of the molecule is CC/C=C/C/C=C/C/C=C/CCCCCCCC(=O)[O-].CC/C=C/C/C=C/C/C=C/CCCCCCCC(=O)[O-].[CH2]CCC.[CH2]CCC.[Sn+2]. The van der Waals surface area contributed by atoms with E-state index in [-0.39, 0.29) is 36.7 Å². The number of aliphatic carboxylic acids is 2. The van der Waals surface area contributed by atoms with Gasteiger partial charge in [0.25, 0.3) is 0 Å². The molecule has 0 aliphatic rings. The molecule has 0 saturated carbocycles. The van der Waals surface area contributed by atoms with Crippen LogP contribution in [0.5, 0.6) is 0 Å². The van der Waals surface area contributed by atoms with Gasteiger partial charge < -0.3 is 19.8 Å². The zero-order chi connectivity index (χ0) is 36.6. The maximum atomic E-state index is 10.2. The largest absolute Gasteiger partial charge is 2.00 e. The van der Waals surface area contributed by atoms with Gasteiger partial charge in [0.2, 0.25) is 0 Å². The summed E-state index contributed by atoms with van der Waals surface area (Å²) in [6, 6.07) is 0. The van der Waals surface area contributed by atoms with Crippen molar-refractivity contribution in [3.05, 3.63) is 86.8 Å². The van der Waals surface area contributed by atoms with Crippen LogP contribution in [0.4, 0.5) is 0 Å². The van der Waals surface area contributed by atoms with Gasteiger partial charge in [0, 0.05) is 11.9 Å². The second kappa shape index (κ2) is 58.4. The predicted molar refractivity (Wildman–Crippen MR) is 215 cm³/mol. The monoisotopic (exact) mass is 788 g/mol. The zero-order valence-electron chi connectivity index (χ0n) is 32.4. The quantitative estimate of drug-likeness (QED) is 0.0449. The number of hydrogen-bond donors (Lipinski definition) is 0. The molecule has 0 aliphatic carbocycles. The predicted octanol–water partition coefficient (Wildman–Crippen LogP) is 11.5. The molecule has 0 fully saturated rings. The number of unbranched alkanes of at least 4 members (excludes halogenated alkanes) is 12. The third-order valence-electron chi connectivity index (χ3n) is 6.77. The summed E-state index contributed by atoms with van der Waals surface area (Å²) >= 11 is 0. The summed E-state index contributed by atoms with van der Waals surface area (Å²) in [5, 5.41) is 20.4. The van der Waals surface area contributed by atoms with Crippen LogP contribution in [0.25, 0.3) is 0 Å².